The predicted octanol–water partition coefficient (Wildman–Crippen LogP) is 7.39. The zero-order valence-corrected chi connectivity index (χ0v) is 26.5. The largest absolute Gasteiger partial charge is 0.353 e. The highest BCUT2D eigenvalue weighted by Gasteiger charge is 2.34. The van der Waals surface area contributed by atoms with E-state index in [-0.39, 0.29) is 18.4 Å². The van der Waals surface area contributed by atoms with Crippen LogP contribution in [-0.4, -0.2) is 49.4 Å². The lowest BCUT2D eigenvalue weighted by molar-refractivity contribution is -0.120. The topological polar surface area (TPSA) is 61.4 Å². The Labute approximate surface area is 270 Å². The molecule has 0 bridgehead atoms. The molecule has 5 aromatic rings. The molecule has 230 valence electrons. The first-order valence-corrected chi connectivity index (χ1v) is 16.8. The van der Waals surface area contributed by atoms with E-state index in [4.69, 9.17) is 0 Å². The van der Waals surface area contributed by atoms with Crippen molar-refractivity contribution >= 4 is 33.2 Å². The number of rotatable bonds is 12. The molecule has 1 aliphatic rings. The van der Waals surface area contributed by atoms with Gasteiger partial charge in [-0.3, -0.25) is 9.59 Å². The smallest absolute Gasteiger partial charge is 0.261 e. The van der Waals surface area contributed by atoms with Crippen LogP contribution in [0.1, 0.15) is 58.0 Å². The fourth-order valence-corrected chi connectivity index (χ4v) is 7.71. The van der Waals surface area contributed by atoms with Crippen LogP contribution in [0.4, 0.5) is 0 Å². The molecule has 2 heterocycles. The van der Waals surface area contributed by atoms with E-state index in [0.29, 0.717) is 17.3 Å². The first kappa shape index (κ1) is 30.8. The molecule has 0 radical (unpaired) electrons. The van der Waals surface area contributed by atoms with Gasteiger partial charge in [0.15, 0.2) is 0 Å². The van der Waals surface area contributed by atoms with E-state index in [1.165, 1.54) is 40.9 Å². The van der Waals surface area contributed by atoms with Crippen molar-refractivity contribution in [3.8, 4) is 0 Å². The van der Waals surface area contributed by atoms with Crippen molar-refractivity contribution < 1.29 is 9.59 Å². The number of carbonyl (C=O) groups excluding carboxylic acids is 2. The van der Waals surface area contributed by atoms with Gasteiger partial charge in [0.2, 0.25) is 5.91 Å². The standard InChI is InChI=1S/C39H41N3O2S/c43-37(28-40-38(44)36-27-32-15-10-11-20-35(32)45-36)41-29-39(33-16-6-2-7-17-33,34-18-8-3-9-19-34)23-12-24-42-25-21-31(22-26-42)30-13-4-1-5-14-30/h1-11,13-20,27,31H,12,21-26,28-29H2,(H,40,44)(H,41,43). The summed E-state index contributed by atoms with van der Waals surface area (Å²) < 4.78 is 1.06. The van der Waals surface area contributed by atoms with Crippen LogP contribution in [0.15, 0.2) is 121 Å². The maximum Gasteiger partial charge on any atom is 0.261 e. The highest BCUT2D eigenvalue weighted by Crippen LogP contribution is 2.37. The van der Waals surface area contributed by atoms with Gasteiger partial charge in [-0.05, 0) is 85.4 Å². The maximum atomic E-state index is 13.2. The summed E-state index contributed by atoms with van der Waals surface area (Å²) in [6.45, 7) is 3.64. The number of hydrogen-bond acceptors (Lipinski definition) is 4. The van der Waals surface area contributed by atoms with Crippen molar-refractivity contribution in [2.45, 2.75) is 37.0 Å². The van der Waals surface area contributed by atoms with Gasteiger partial charge in [0.1, 0.15) is 0 Å². The van der Waals surface area contributed by atoms with Crippen LogP contribution >= 0.6 is 11.3 Å². The molecule has 2 amide bonds. The fourth-order valence-electron chi connectivity index (χ4n) is 6.74. The van der Waals surface area contributed by atoms with E-state index in [9.17, 15) is 9.59 Å². The lowest BCUT2D eigenvalue weighted by atomic mass is 9.71. The van der Waals surface area contributed by atoms with Gasteiger partial charge in [-0.15, -0.1) is 11.3 Å². The van der Waals surface area contributed by atoms with E-state index in [1.54, 1.807) is 0 Å². The van der Waals surface area contributed by atoms with Crippen LogP contribution in [0.5, 0.6) is 0 Å². The monoisotopic (exact) mass is 615 g/mol. The Morgan fingerprint density at radius 2 is 1.36 bits per heavy atom. The van der Waals surface area contributed by atoms with Crippen molar-refractivity contribution in [3.63, 3.8) is 0 Å². The first-order valence-electron chi connectivity index (χ1n) is 16.0. The number of amides is 2. The van der Waals surface area contributed by atoms with Crippen molar-refractivity contribution in [2.24, 2.45) is 0 Å². The van der Waals surface area contributed by atoms with Gasteiger partial charge < -0.3 is 15.5 Å². The molecule has 1 fully saturated rings. The number of benzene rings is 4. The molecule has 0 saturated carbocycles. The molecule has 45 heavy (non-hydrogen) atoms. The molecular formula is C39H41N3O2S. The average molecular weight is 616 g/mol. The molecular weight excluding hydrogens is 575 g/mol. The molecule has 2 N–H and O–H groups in total. The average Bonchev–Trinajstić information content (AvgIpc) is 3.55. The molecule has 1 aliphatic heterocycles. The van der Waals surface area contributed by atoms with Crippen LogP contribution in [0, 0.1) is 0 Å². The second kappa shape index (κ2) is 14.7. The van der Waals surface area contributed by atoms with Crippen molar-refractivity contribution in [3.05, 3.63) is 143 Å². The molecule has 6 rings (SSSR count). The number of nitrogens with zero attached hydrogens (tertiary/aromatic N) is 1. The van der Waals surface area contributed by atoms with E-state index in [0.717, 1.165) is 42.6 Å². The molecule has 1 saturated heterocycles. The van der Waals surface area contributed by atoms with Gasteiger partial charge in [0.25, 0.3) is 5.91 Å². The van der Waals surface area contributed by atoms with Crippen molar-refractivity contribution in [1.82, 2.24) is 15.5 Å². The van der Waals surface area contributed by atoms with Gasteiger partial charge in [0, 0.05) is 16.7 Å². The summed E-state index contributed by atoms with van der Waals surface area (Å²) in [4.78, 5) is 29.3. The predicted molar refractivity (Wildman–Crippen MR) is 185 cm³/mol. The Hall–Kier alpha value is -4.26. The van der Waals surface area contributed by atoms with E-state index >= 15 is 0 Å². The number of nitrogens with one attached hydrogen (secondary N) is 2. The van der Waals surface area contributed by atoms with Gasteiger partial charge in [-0.2, -0.15) is 0 Å². The molecule has 6 heteroatoms. The van der Waals surface area contributed by atoms with Crippen molar-refractivity contribution in [1.29, 1.82) is 0 Å². The van der Waals surface area contributed by atoms with Gasteiger partial charge >= 0.3 is 0 Å². The Morgan fingerprint density at radius 3 is 2.00 bits per heavy atom. The van der Waals surface area contributed by atoms with Crippen LogP contribution < -0.4 is 10.6 Å². The first-order chi connectivity index (χ1) is 22.1. The van der Waals surface area contributed by atoms with E-state index in [1.807, 2.05) is 42.5 Å². The van der Waals surface area contributed by atoms with Gasteiger partial charge in [-0.25, -0.2) is 0 Å². The number of hydrogen-bond donors (Lipinski definition) is 2. The lowest BCUT2D eigenvalue weighted by Gasteiger charge is -2.37. The fraction of sp³-hybridized carbons (Fsp3) is 0.282. The van der Waals surface area contributed by atoms with Crippen LogP contribution in [0.3, 0.4) is 0 Å². The zero-order chi connectivity index (χ0) is 30.9. The minimum Gasteiger partial charge on any atom is -0.353 e. The number of piperidine rings is 1. The number of thiophene rings is 1. The minimum atomic E-state index is -0.393. The molecule has 0 spiro atoms. The second-order valence-corrected chi connectivity index (χ2v) is 13.1. The summed E-state index contributed by atoms with van der Waals surface area (Å²) in [7, 11) is 0. The van der Waals surface area contributed by atoms with Crippen LogP contribution in [0.2, 0.25) is 0 Å². The van der Waals surface area contributed by atoms with E-state index < -0.39 is 5.41 Å². The lowest BCUT2D eigenvalue weighted by Crippen LogP contribution is -2.45. The SMILES string of the molecule is O=C(CNC(=O)c1cc2ccccc2s1)NCC(CCCN1CCC(c2ccccc2)CC1)(c1ccccc1)c1ccccc1. The Kier molecular flexibility index (Phi) is 10.0. The normalized spacial score (nSPS) is 14.3. The second-order valence-electron chi connectivity index (χ2n) is 12.1. The summed E-state index contributed by atoms with van der Waals surface area (Å²) in [6.07, 6.45) is 4.29. The van der Waals surface area contributed by atoms with Gasteiger partial charge in [0.05, 0.1) is 11.4 Å². The molecule has 4 aromatic carbocycles. The molecule has 0 aliphatic carbocycles. The quantitative estimate of drug-likeness (QED) is 0.154. The third-order valence-corrected chi connectivity index (χ3v) is 10.4. The molecule has 5 nitrogen and oxygen atoms in total. The van der Waals surface area contributed by atoms with Gasteiger partial charge in [-0.1, -0.05) is 109 Å². The maximum absolute atomic E-state index is 13.2. The third kappa shape index (κ3) is 7.52. The summed E-state index contributed by atoms with van der Waals surface area (Å²) >= 11 is 1.44. The Morgan fingerprint density at radius 1 is 0.756 bits per heavy atom. The minimum absolute atomic E-state index is 0.0664. The Bertz CT molecular complexity index is 1610. The number of likely N-dealkylation sites (tertiary alicyclic amines) is 1. The molecule has 0 atom stereocenters. The zero-order valence-electron chi connectivity index (χ0n) is 25.7. The van der Waals surface area contributed by atoms with E-state index in [2.05, 4.69) is 94.4 Å². The summed E-state index contributed by atoms with van der Waals surface area (Å²) in [5.74, 6) is 0.230. The number of carbonyl (C=O) groups is 2. The third-order valence-electron chi connectivity index (χ3n) is 9.24. The van der Waals surface area contributed by atoms with Crippen LogP contribution in [0.25, 0.3) is 10.1 Å². The molecule has 0 unspecified atom stereocenters. The highest BCUT2D eigenvalue weighted by atomic mass is 32.1. The van der Waals surface area contributed by atoms with Crippen molar-refractivity contribution in [2.75, 3.05) is 32.7 Å². The summed E-state index contributed by atoms with van der Waals surface area (Å²) in [5, 5.41) is 7.07. The molecule has 1 aromatic heterocycles. The van der Waals surface area contributed by atoms with Crippen LogP contribution in [-0.2, 0) is 10.2 Å². The summed E-state index contributed by atoms with van der Waals surface area (Å²) in [6, 6.07) is 41.8. The highest BCUT2D eigenvalue weighted by molar-refractivity contribution is 7.20. The number of fused-ring (bicyclic) bond motifs is 1. The Balaban J connectivity index is 1.11. The summed E-state index contributed by atoms with van der Waals surface area (Å²) in [5.41, 5.74) is 3.44.